The lowest BCUT2D eigenvalue weighted by molar-refractivity contribution is 0.0532. The van der Waals surface area contributed by atoms with Gasteiger partial charge >= 0.3 is 0 Å². The summed E-state index contributed by atoms with van der Waals surface area (Å²) < 4.78 is 37.4. The molecule has 0 unspecified atom stereocenters. The molecule has 2 heterocycles. The minimum Gasteiger partial charge on any atom is -0.493 e. The molecule has 2 aromatic carbocycles. The van der Waals surface area contributed by atoms with E-state index in [1.807, 2.05) is 12.1 Å². The van der Waals surface area contributed by atoms with E-state index in [1.165, 1.54) is 22.3 Å². The molecule has 1 fully saturated rings. The first-order chi connectivity index (χ1) is 15.9. The third kappa shape index (κ3) is 4.51. The van der Waals surface area contributed by atoms with Crippen LogP contribution in [0.3, 0.4) is 0 Å². The Morgan fingerprint density at radius 1 is 0.939 bits per heavy atom. The smallest absolute Gasteiger partial charge is 0.273 e. The van der Waals surface area contributed by atoms with Gasteiger partial charge in [-0.15, -0.1) is 11.3 Å². The van der Waals surface area contributed by atoms with Gasteiger partial charge in [0.15, 0.2) is 23.1 Å². The third-order valence-electron chi connectivity index (χ3n) is 5.38. The van der Waals surface area contributed by atoms with E-state index in [2.05, 4.69) is 4.98 Å². The van der Waals surface area contributed by atoms with Crippen molar-refractivity contribution in [1.82, 2.24) is 14.8 Å². The van der Waals surface area contributed by atoms with Crippen LogP contribution in [0.4, 0.5) is 8.78 Å². The van der Waals surface area contributed by atoms with E-state index in [0.29, 0.717) is 35.3 Å². The van der Waals surface area contributed by atoms with Crippen molar-refractivity contribution >= 4 is 23.2 Å². The number of piperazine rings is 1. The molecule has 1 aliphatic heterocycles. The van der Waals surface area contributed by atoms with Crippen LogP contribution in [0.1, 0.15) is 20.8 Å². The second kappa shape index (κ2) is 9.53. The zero-order valence-corrected chi connectivity index (χ0v) is 18.8. The number of carbonyl (C=O) groups is 2. The predicted octanol–water partition coefficient (Wildman–Crippen LogP) is 3.70. The maximum Gasteiger partial charge on any atom is 0.273 e. The summed E-state index contributed by atoms with van der Waals surface area (Å²) in [7, 11) is 3.09. The summed E-state index contributed by atoms with van der Waals surface area (Å²) in [5.74, 6) is -1.60. The van der Waals surface area contributed by atoms with Crippen LogP contribution in [-0.2, 0) is 0 Å². The van der Waals surface area contributed by atoms with Gasteiger partial charge < -0.3 is 19.3 Å². The monoisotopic (exact) mass is 473 g/mol. The second-order valence-corrected chi connectivity index (χ2v) is 8.15. The topological polar surface area (TPSA) is 72.0 Å². The van der Waals surface area contributed by atoms with Crippen LogP contribution in [0.2, 0.25) is 0 Å². The second-order valence-electron chi connectivity index (χ2n) is 7.29. The van der Waals surface area contributed by atoms with Gasteiger partial charge in [-0.2, -0.15) is 0 Å². The highest BCUT2D eigenvalue weighted by molar-refractivity contribution is 7.13. The number of benzene rings is 2. The maximum atomic E-state index is 13.5. The van der Waals surface area contributed by atoms with Crippen LogP contribution >= 0.6 is 11.3 Å². The number of aromatic nitrogens is 1. The molecule has 2 amide bonds. The lowest BCUT2D eigenvalue weighted by Gasteiger charge is -2.34. The zero-order chi connectivity index (χ0) is 23.5. The van der Waals surface area contributed by atoms with Crippen molar-refractivity contribution in [2.24, 2.45) is 0 Å². The Bertz CT molecular complexity index is 1190. The Morgan fingerprint density at radius 3 is 2.27 bits per heavy atom. The van der Waals surface area contributed by atoms with Crippen LogP contribution in [-0.4, -0.2) is 67.0 Å². The number of methoxy groups -OCH3 is 2. The van der Waals surface area contributed by atoms with Crippen LogP contribution in [0.15, 0.2) is 41.8 Å². The SMILES string of the molecule is COc1cccc(-c2nc(C(=O)N3CCN(C(=O)c4ccc(F)c(F)c4)CC3)cs2)c1OC. The minimum atomic E-state index is -1.07. The molecule has 172 valence electrons. The first-order valence-electron chi connectivity index (χ1n) is 10.1. The summed E-state index contributed by atoms with van der Waals surface area (Å²) in [6.07, 6.45) is 0. The van der Waals surface area contributed by atoms with E-state index in [1.54, 1.807) is 30.6 Å². The zero-order valence-electron chi connectivity index (χ0n) is 18.0. The first-order valence-corrected chi connectivity index (χ1v) is 11.0. The summed E-state index contributed by atoms with van der Waals surface area (Å²) in [5.41, 5.74) is 1.10. The Balaban J connectivity index is 1.43. The van der Waals surface area contributed by atoms with Gasteiger partial charge in [-0.3, -0.25) is 9.59 Å². The van der Waals surface area contributed by atoms with Crippen molar-refractivity contribution in [3.05, 3.63) is 64.7 Å². The van der Waals surface area contributed by atoms with Crippen LogP contribution in [0.5, 0.6) is 11.5 Å². The average molecular weight is 474 g/mol. The largest absolute Gasteiger partial charge is 0.493 e. The number of ether oxygens (including phenoxy) is 2. The van der Waals surface area contributed by atoms with Gasteiger partial charge in [0, 0.05) is 37.1 Å². The molecule has 1 aromatic heterocycles. The molecule has 0 saturated carbocycles. The molecule has 0 aliphatic carbocycles. The quantitative estimate of drug-likeness (QED) is 0.565. The summed E-state index contributed by atoms with van der Waals surface area (Å²) in [6.45, 7) is 1.18. The van der Waals surface area contributed by atoms with E-state index in [0.717, 1.165) is 17.7 Å². The fraction of sp³-hybridized carbons (Fsp3) is 0.261. The molecule has 3 aromatic rings. The number of amides is 2. The molecular weight excluding hydrogens is 452 g/mol. The van der Waals surface area contributed by atoms with Crippen molar-refractivity contribution in [3.63, 3.8) is 0 Å². The van der Waals surface area contributed by atoms with Crippen molar-refractivity contribution in [2.45, 2.75) is 0 Å². The fourth-order valence-electron chi connectivity index (χ4n) is 3.64. The molecule has 0 atom stereocenters. The number of hydrogen-bond donors (Lipinski definition) is 0. The molecular formula is C23H21F2N3O4S. The highest BCUT2D eigenvalue weighted by atomic mass is 32.1. The van der Waals surface area contributed by atoms with Gasteiger partial charge in [-0.25, -0.2) is 13.8 Å². The number of para-hydroxylation sites is 1. The Morgan fingerprint density at radius 2 is 1.64 bits per heavy atom. The summed E-state index contributed by atoms with van der Waals surface area (Å²) in [6, 6.07) is 8.52. The van der Waals surface area contributed by atoms with E-state index in [9.17, 15) is 18.4 Å². The molecule has 33 heavy (non-hydrogen) atoms. The molecule has 1 aliphatic rings. The minimum absolute atomic E-state index is 0.0741. The van der Waals surface area contributed by atoms with Crippen LogP contribution < -0.4 is 9.47 Å². The number of hydrogen-bond acceptors (Lipinski definition) is 6. The Hall–Kier alpha value is -3.53. The summed E-state index contributed by atoms with van der Waals surface area (Å²) in [4.78, 5) is 33.2. The Kier molecular flexibility index (Phi) is 6.55. The van der Waals surface area contributed by atoms with Gasteiger partial charge in [0.2, 0.25) is 0 Å². The van der Waals surface area contributed by atoms with Crippen LogP contribution in [0, 0.1) is 11.6 Å². The summed E-state index contributed by atoms with van der Waals surface area (Å²) in [5, 5.41) is 2.32. The molecule has 0 spiro atoms. The molecule has 0 bridgehead atoms. The van der Waals surface area contributed by atoms with E-state index in [-0.39, 0.29) is 24.6 Å². The maximum absolute atomic E-state index is 13.5. The lowest BCUT2D eigenvalue weighted by Crippen LogP contribution is -2.50. The highest BCUT2D eigenvalue weighted by Crippen LogP contribution is 2.39. The van der Waals surface area contributed by atoms with Gasteiger partial charge in [-0.1, -0.05) is 6.07 Å². The van der Waals surface area contributed by atoms with Gasteiger partial charge in [0.1, 0.15) is 10.7 Å². The van der Waals surface area contributed by atoms with E-state index >= 15 is 0 Å². The van der Waals surface area contributed by atoms with Gasteiger partial charge in [0.25, 0.3) is 11.8 Å². The fourth-order valence-corrected chi connectivity index (χ4v) is 4.45. The molecule has 10 heteroatoms. The normalized spacial score (nSPS) is 13.7. The summed E-state index contributed by atoms with van der Waals surface area (Å²) >= 11 is 1.32. The van der Waals surface area contributed by atoms with Crippen molar-refractivity contribution < 1.29 is 27.8 Å². The van der Waals surface area contributed by atoms with Gasteiger partial charge in [0.05, 0.1) is 19.8 Å². The highest BCUT2D eigenvalue weighted by Gasteiger charge is 2.27. The molecule has 0 N–H and O–H groups in total. The first kappa shape index (κ1) is 22.7. The van der Waals surface area contributed by atoms with Crippen molar-refractivity contribution in [2.75, 3.05) is 40.4 Å². The number of rotatable bonds is 5. The average Bonchev–Trinajstić information content (AvgIpc) is 3.34. The molecule has 0 radical (unpaired) electrons. The predicted molar refractivity (Wildman–Crippen MR) is 119 cm³/mol. The standard InChI is InChI=1S/C23H21F2N3O4S/c1-31-19-5-3-4-15(20(19)32-2)21-26-18(13-33-21)23(30)28-10-8-27(9-11-28)22(29)14-6-7-16(24)17(25)12-14/h3-7,12-13H,8-11H2,1-2H3. The molecule has 4 rings (SSSR count). The number of carbonyl (C=O) groups excluding carboxylic acids is 2. The van der Waals surface area contributed by atoms with Crippen molar-refractivity contribution in [3.8, 4) is 22.1 Å². The number of nitrogens with zero attached hydrogens (tertiary/aromatic N) is 3. The number of thiazole rings is 1. The van der Waals surface area contributed by atoms with Crippen LogP contribution in [0.25, 0.3) is 10.6 Å². The van der Waals surface area contributed by atoms with Gasteiger partial charge in [-0.05, 0) is 30.3 Å². The molecule has 7 nitrogen and oxygen atoms in total. The van der Waals surface area contributed by atoms with E-state index in [4.69, 9.17) is 9.47 Å². The Labute approximate surface area is 193 Å². The number of halogens is 2. The lowest BCUT2D eigenvalue weighted by atomic mass is 10.1. The van der Waals surface area contributed by atoms with Crippen molar-refractivity contribution in [1.29, 1.82) is 0 Å². The third-order valence-corrected chi connectivity index (χ3v) is 6.25. The molecule has 1 saturated heterocycles. The van der Waals surface area contributed by atoms with E-state index < -0.39 is 17.5 Å².